The van der Waals surface area contributed by atoms with Crippen molar-refractivity contribution >= 4 is 0 Å². The van der Waals surface area contributed by atoms with Crippen LogP contribution in [0.1, 0.15) is 63.0 Å². The highest BCUT2D eigenvalue weighted by atomic mass is 14.9. The predicted molar refractivity (Wildman–Crippen MR) is 86.1 cm³/mol. The maximum atomic E-state index is 3.77. The second-order valence-electron chi connectivity index (χ2n) is 7.07. The van der Waals surface area contributed by atoms with Crippen molar-refractivity contribution in [1.82, 2.24) is 5.32 Å². The first-order valence-corrected chi connectivity index (χ1v) is 8.58. The van der Waals surface area contributed by atoms with Crippen LogP contribution in [0.5, 0.6) is 0 Å². The molecule has 1 N–H and O–H groups in total. The topological polar surface area (TPSA) is 12.0 Å². The van der Waals surface area contributed by atoms with Gasteiger partial charge in [-0.25, -0.2) is 0 Å². The molecule has 2 saturated carbocycles. The highest BCUT2D eigenvalue weighted by Crippen LogP contribution is 2.40. The average molecular weight is 271 g/mol. The van der Waals surface area contributed by atoms with Gasteiger partial charge in [0, 0.05) is 6.04 Å². The van der Waals surface area contributed by atoms with Crippen LogP contribution in [-0.4, -0.2) is 12.6 Å². The maximum absolute atomic E-state index is 3.77. The van der Waals surface area contributed by atoms with E-state index in [0.717, 1.165) is 30.2 Å². The van der Waals surface area contributed by atoms with E-state index in [1.807, 2.05) is 0 Å². The number of benzene rings is 1. The summed E-state index contributed by atoms with van der Waals surface area (Å²) in [6.45, 7) is 5.92. The molecule has 3 unspecified atom stereocenters. The predicted octanol–water partition coefficient (Wildman–Crippen LogP) is 4.52. The van der Waals surface area contributed by atoms with Crippen molar-refractivity contribution in [3.8, 4) is 0 Å². The molecule has 20 heavy (non-hydrogen) atoms. The van der Waals surface area contributed by atoms with Gasteiger partial charge in [-0.05, 0) is 67.5 Å². The molecule has 2 aliphatic rings. The Morgan fingerprint density at radius 1 is 1.15 bits per heavy atom. The van der Waals surface area contributed by atoms with Gasteiger partial charge in [-0.1, -0.05) is 44.5 Å². The Morgan fingerprint density at radius 2 is 2.00 bits per heavy atom. The van der Waals surface area contributed by atoms with Crippen LogP contribution in [-0.2, 0) is 6.42 Å². The van der Waals surface area contributed by atoms with E-state index in [2.05, 4.69) is 43.4 Å². The molecule has 1 aromatic carbocycles. The molecule has 1 nitrogen and oxygen atoms in total. The lowest BCUT2D eigenvalue weighted by Gasteiger charge is -2.35. The fourth-order valence-corrected chi connectivity index (χ4v) is 3.75. The second kappa shape index (κ2) is 6.30. The van der Waals surface area contributed by atoms with Crippen molar-refractivity contribution in [2.75, 3.05) is 6.54 Å². The Bertz CT molecular complexity index is 435. The molecule has 110 valence electrons. The third-order valence-electron chi connectivity index (χ3n) is 5.29. The molecule has 2 aliphatic carbocycles. The fourth-order valence-electron chi connectivity index (χ4n) is 3.75. The number of nitrogens with one attached hydrogen (secondary N) is 1. The molecular weight excluding hydrogens is 242 g/mol. The van der Waals surface area contributed by atoms with E-state index in [-0.39, 0.29) is 0 Å². The summed E-state index contributed by atoms with van der Waals surface area (Å²) < 4.78 is 0. The quantitative estimate of drug-likeness (QED) is 0.830. The molecule has 2 fully saturated rings. The minimum Gasteiger partial charge on any atom is -0.314 e. The second-order valence-corrected chi connectivity index (χ2v) is 7.07. The Balaban J connectivity index is 1.73. The van der Waals surface area contributed by atoms with Gasteiger partial charge < -0.3 is 5.32 Å². The molecule has 0 radical (unpaired) electrons. The Kier molecular flexibility index (Phi) is 4.45. The van der Waals surface area contributed by atoms with E-state index in [0.29, 0.717) is 0 Å². The molecule has 0 aromatic heterocycles. The summed E-state index contributed by atoms with van der Waals surface area (Å²) in [5.41, 5.74) is 3.09. The Hall–Kier alpha value is -0.820. The highest BCUT2D eigenvalue weighted by Gasteiger charge is 2.31. The van der Waals surface area contributed by atoms with Crippen LogP contribution in [0.25, 0.3) is 0 Å². The number of rotatable bonds is 5. The normalized spacial score (nSPS) is 30.4. The molecule has 3 atom stereocenters. The summed E-state index contributed by atoms with van der Waals surface area (Å²) in [4.78, 5) is 0. The summed E-state index contributed by atoms with van der Waals surface area (Å²) in [6, 6.07) is 10.2. The van der Waals surface area contributed by atoms with Gasteiger partial charge in [-0.2, -0.15) is 0 Å². The van der Waals surface area contributed by atoms with Crippen LogP contribution < -0.4 is 5.32 Å². The molecule has 1 heteroatoms. The smallest absolute Gasteiger partial charge is 0.00683 e. The van der Waals surface area contributed by atoms with E-state index in [1.54, 1.807) is 5.56 Å². The summed E-state index contributed by atoms with van der Waals surface area (Å²) in [6.07, 6.45) is 8.16. The van der Waals surface area contributed by atoms with Gasteiger partial charge >= 0.3 is 0 Å². The first-order chi connectivity index (χ1) is 9.76. The summed E-state index contributed by atoms with van der Waals surface area (Å²) in [5.74, 6) is 2.51. The Labute approximate surface area is 124 Å². The van der Waals surface area contributed by atoms with Crippen molar-refractivity contribution in [2.45, 2.75) is 64.3 Å². The van der Waals surface area contributed by atoms with Gasteiger partial charge in [0.1, 0.15) is 0 Å². The largest absolute Gasteiger partial charge is 0.314 e. The van der Waals surface area contributed by atoms with Gasteiger partial charge in [0.05, 0.1) is 0 Å². The zero-order valence-corrected chi connectivity index (χ0v) is 13.1. The lowest BCUT2D eigenvalue weighted by atomic mass is 9.71. The van der Waals surface area contributed by atoms with Gasteiger partial charge in [0.25, 0.3) is 0 Å². The summed E-state index contributed by atoms with van der Waals surface area (Å²) in [5, 5.41) is 3.77. The lowest BCUT2D eigenvalue weighted by molar-refractivity contribution is 0.241. The first kappa shape index (κ1) is 14.1. The van der Waals surface area contributed by atoms with Crippen molar-refractivity contribution in [3.05, 3.63) is 35.4 Å². The lowest BCUT2D eigenvalue weighted by Crippen LogP contribution is -2.32. The van der Waals surface area contributed by atoms with Crippen LogP contribution >= 0.6 is 0 Å². The number of aryl methyl sites for hydroxylation is 1. The molecule has 1 aromatic rings. The zero-order valence-electron chi connectivity index (χ0n) is 13.1. The average Bonchev–Trinajstić information content (AvgIpc) is 3.30. The van der Waals surface area contributed by atoms with Crippen molar-refractivity contribution in [1.29, 1.82) is 0 Å². The van der Waals surface area contributed by atoms with Crippen LogP contribution in [0.3, 0.4) is 0 Å². The van der Waals surface area contributed by atoms with Crippen molar-refractivity contribution < 1.29 is 0 Å². The van der Waals surface area contributed by atoms with Crippen LogP contribution in [0.2, 0.25) is 0 Å². The minimum atomic E-state index is 0.775. The number of hydrogen-bond acceptors (Lipinski definition) is 1. The first-order valence-electron chi connectivity index (χ1n) is 8.58. The summed E-state index contributed by atoms with van der Waals surface area (Å²) in [7, 11) is 0. The van der Waals surface area contributed by atoms with E-state index in [9.17, 15) is 0 Å². The molecular formula is C19H29N. The fraction of sp³-hybridized carbons (Fsp3) is 0.684. The van der Waals surface area contributed by atoms with Crippen LogP contribution in [0, 0.1) is 11.8 Å². The minimum absolute atomic E-state index is 0.775. The monoisotopic (exact) mass is 271 g/mol. The highest BCUT2D eigenvalue weighted by molar-refractivity contribution is 5.27. The number of hydrogen-bond donors (Lipinski definition) is 1. The Morgan fingerprint density at radius 3 is 2.75 bits per heavy atom. The molecule has 0 aliphatic heterocycles. The molecule has 0 bridgehead atoms. The van der Waals surface area contributed by atoms with Crippen LogP contribution in [0.4, 0.5) is 0 Å². The third-order valence-corrected chi connectivity index (χ3v) is 5.29. The summed E-state index contributed by atoms with van der Waals surface area (Å²) >= 11 is 0. The maximum Gasteiger partial charge on any atom is 0.00683 e. The van der Waals surface area contributed by atoms with Crippen LogP contribution in [0.15, 0.2) is 24.3 Å². The van der Waals surface area contributed by atoms with Gasteiger partial charge in [-0.15, -0.1) is 0 Å². The molecule has 0 spiro atoms. The van der Waals surface area contributed by atoms with Crippen molar-refractivity contribution in [2.24, 2.45) is 11.8 Å². The third kappa shape index (κ3) is 3.44. The molecule has 0 amide bonds. The molecule has 0 saturated heterocycles. The van der Waals surface area contributed by atoms with E-state index in [4.69, 9.17) is 0 Å². The van der Waals surface area contributed by atoms with Crippen molar-refractivity contribution in [3.63, 3.8) is 0 Å². The van der Waals surface area contributed by atoms with E-state index >= 15 is 0 Å². The van der Waals surface area contributed by atoms with E-state index in [1.165, 1.54) is 44.2 Å². The zero-order chi connectivity index (χ0) is 13.9. The van der Waals surface area contributed by atoms with Gasteiger partial charge in [-0.3, -0.25) is 0 Å². The van der Waals surface area contributed by atoms with E-state index < -0.39 is 0 Å². The van der Waals surface area contributed by atoms with Gasteiger partial charge in [0.2, 0.25) is 0 Å². The standard InChI is InChI=1S/C19H29N/c1-3-15-5-4-6-16(12-15)19-11-14(2)7-8-17(19)13-20-18-9-10-18/h4-6,12,14,17-20H,3,7-11,13H2,1-2H3. The molecule has 0 heterocycles. The molecule has 3 rings (SSSR count). The van der Waals surface area contributed by atoms with Gasteiger partial charge in [0.15, 0.2) is 0 Å². The SMILES string of the molecule is CCc1cccc(C2CC(C)CCC2CNC2CC2)c1.